The van der Waals surface area contributed by atoms with Gasteiger partial charge in [-0.3, -0.25) is 0 Å². The van der Waals surface area contributed by atoms with E-state index in [2.05, 4.69) is 22.8 Å². The van der Waals surface area contributed by atoms with Gasteiger partial charge in [0.1, 0.15) is 12.2 Å². The minimum atomic E-state index is 0. The summed E-state index contributed by atoms with van der Waals surface area (Å²) in [6.45, 7) is 0.626. The molecule has 0 aliphatic carbocycles. The lowest BCUT2D eigenvalue weighted by Crippen LogP contribution is -2.07. The van der Waals surface area contributed by atoms with Gasteiger partial charge in [-0.1, -0.05) is 0 Å². The summed E-state index contributed by atoms with van der Waals surface area (Å²) in [6.07, 6.45) is 2.49. The van der Waals surface area contributed by atoms with E-state index in [1.54, 1.807) is 6.33 Å². The molecule has 0 saturated heterocycles. The van der Waals surface area contributed by atoms with Gasteiger partial charge in [0, 0.05) is 7.05 Å². The van der Waals surface area contributed by atoms with Gasteiger partial charge >= 0.3 is 0 Å². The van der Waals surface area contributed by atoms with Crippen LogP contribution >= 0.6 is 46.6 Å². The Labute approximate surface area is 104 Å². The van der Waals surface area contributed by atoms with Crippen molar-refractivity contribution in [3.8, 4) is 0 Å². The third-order valence-electron chi connectivity index (χ3n) is 1.48. The van der Waals surface area contributed by atoms with E-state index in [4.69, 9.17) is 5.73 Å². The molecule has 0 aliphatic rings. The Hall–Kier alpha value is 0.410. The molecule has 0 amide bonds. The first-order valence-corrected chi connectivity index (χ1v) is 3.99. The normalized spacial score (nSPS) is 11.3. The first-order chi connectivity index (χ1) is 5.25. The molecule has 13 heavy (non-hydrogen) atoms. The number of aromatic nitrogens is 3. The highest BCUT2D eigenvalue weighted by Gasteiger charge is 2.10. The number of aryl methyl sites for hydroxylation is 1. The van der Waals surface area contributed by atoms with Crippen LogP contribution < -0.4 is 5.73 Å². The molecule has 0 bridgehead atoms. The van der Waals surface area contributed by atoms with Crippen LogP contribution in [0.25, 0.3) is 0 Å². The minimum Gasteiger partial charge on any atom is -0.330 e. The van der Waals surface area contributed by atoms with Gasteiger partial charge in [-0.15, -0.1) is 44.2 Å². The zero-order chi connectivity index (χ0) is 8.27. The summed E-state index contributed by atoms with van der Waals surface area (Å²) in [4.78, 5) is 0. The average molecular weight is 334 g/mol. The maximum atomic E-state index is 5.38. The number of halogens is 2. The van der Waals surface area contributed by atoms with Crippen molar-refractivity contribution in [3.63, 3.8) is 0 Å². The molecule has 4 nitrogen and oxygen atoms in total. The molecule has 78 valence electrons. The molecule has 1 rings (SSSR count). The van der Waals surface area contributed by atoms with Gasteiger partial charge in [-0.25, -0.2) is 0 Å². The number of hydrogen-bond acceptors (Lipinski definition) is 4. The van der Waals surface area contributed by atoms with E-state index in [9.17, 15) is 0 Å². The van der Waals surface area contributed by atoms with Crippen LogP contribution in [0, 0.1) is 0 Å². The monoisotopic (exact) mass is 332 g/mol. The predicted molar refractivity (Wildman–Crippen MR) is 67.0 cm³/mol. The average Bonchev–Trinajstić information content (AvgIpc) is 2.36. The van der Waals surface area contributed by atoms with Crippen LogP contribution in [0.1, 0.15) is 17.5 Å². The zero-order valence-corrected chi connectivity index (χ0v) is 11.6. The van der Waals surface area contributed by atoms with Crippen molar-refractivity contribution in [2.24, 2.45) is 12.8 Å². The van der Waals surface area contributed by atoms with Crippen LogP contribution in [0.2, 0.25) is 0 Å². The summed E-state index contributed by atoms with van der Waals surface area (Å²) >= 11 is 4.33. The molecule has 0 spiro atoms. The third kappa shape index (κ3) is 4.44. The number of thiol groups is 1. The van der Waals surface area contributed by atoms with Gasteiger partial charge in [0.15, 0.2) is 0 Å². The number of nitrogens with zero attached hydrogens (tertiary/aromatic N) is 3. The fraction of sp³-hybridized carbons (Fsp3) is 0.667. The molecular formula is C6H14Br2N4S. The van der Waals surface area contributed by atoms with Crippen LogP contribution in [0.3, 0.4) is 0 Å². The van der Waals surface area contributed by atoms with E-state index >= 15 is 0 Å². The molecule has 0 fully saturated rings. The van der Waals surface area contributed by atoms with E-state index in [1.165, 1.54) is 0 Å². The summed E-state index contributed by atoms with van der Waals surface area (Å²) in [7, 11) is 1.90. The molecule has 1 aromatic rings. The van der Waals surface area contributed by atoms with Gasteiger partial charge < -0.3 is 10.3 Å². The fourth-order valence-corrected chi connectivity index (χ4v) is 1.26. The second kappa shape index (κ2) is 7.78. The molecular weight excluding hydrogens is 320 g/mol. The molecule has 0 aromatic carbocycles. The van der Waals surface area contributed by atoms with Crippen LogP contribution in [-0.2, 0) is 7.05 Å². The van der Waals surface area contributed by atoms with Crippen molar-refractivity contribution in [2.75, 3.05) is 6.54 Å². The van der Waals surface area contributed by atoms with Gasteiger partial charge in [-0.05, 0) is 13.0 Å². The Bertz CT molecular complexity index is 230. The fourth-order valence-electron chi connectivity index (χ4n) is 0.881. The Morgan fingerprint density at radius 3 is 2.62 bits per heavy atom. The largest absolute Gasteiger partial charge is 0.330 e. The molecule has 1 aromatic heterocycles. The summed E-state index contributed by atoms with van der Waals surface area (Å²) in [5.74, 6) is 0.874. The third-order valence-corrected chi connectivity index (χ3v) is 1.97. The number of hydrogen-bond donors (Lipinski definition) is 2. The van der Waals surface area contributed by atoms with E-state index in [-0.39, 0.29) is 39.2 Å². The maximum Gasteiger partial charge on any atom is 0.145 e. The Kier molecular flexibility index (Phi) is 9.49. The minimum absolute atomic E-state index is 0. The quantitative estimate of drug-likeness (QED) is 0.819. The van der Waals surface area contributed by atoms with Gasteiger partial charge in [-0.2, -0.15) is 12.6 Å². The standard InChI is InChI=1S/C6H12N4S.2BrH/c1-10-4-8-9-6(10)5(11)2-3-7;;/h4-5,11H,2-3,7H2,1H3;2*1H. The number of nitrogens with two attached hydrogens (primary N) is 1. The lowest BCUT2D eigenvalue weighted by Gasteiger charge is -2.06. The van der Waals surface area contributed by atoms with Crippen LogP contribution in [0.15, 0.2) is 6.33 Å². The molecule has 2 N–H and O–H groups in total. The van der Waals surface area contributed by atoms with Gasteiger partial charge in [0.2, 0.25) is 0 Å². The molecule has 0 saturated carbocycles. The van der Waals surface area contributed by atoms with E-state index in [0.717, 1.165) is 12.2 Å². The maximum absolute atomic E-state index is 5.38. The highest BCUT2D eigenvalue weighted by molar-refractivity contribution is 8.93. The Morgan fingerprint density at radius 2 is 2.23 bits per heavy atom. The van der Waals surface area contributed by atoms with Gasteiger partial charge in [0.05, 0.1) is 5.25 Å². The van der Waals surface area contributed by atoms with Crippen molar-refractivity contribution in [3.05, 3.63) is 12.2 Å². The van der Waals surface area contributed by atoms with Crippen molar-refractivity contribution >= 4 is 46.6 Å². The molecule has 0 radical (unpaired) electrons. The Morgan fingerprint density at radius 1 is 1.62 bits per heavy atom. The highest BCUT2D eigenvalue weighted by Crippen LogP contribution is 2.19. The molecule has 0 aliphatic heterocycles. The zero-order valence-electron chi connectivity index (χ0n) is 7.25. The molecule has 1 unspecified atom stereocenters. The molecule has 1 atom stereocenters. The van der Waals surface area contributed by atoms with Crippen LogP contribution in [0.4, 0.5) is 0 Å². The van der Waals surface area contributed by atoms with E-state index in [1.807, 2.05) is 11.6 Å². The first kappa shape index (κ1) is 15.9. The summed E-state index contributed by atoms with van der Waals surface area (Å²) in [5, 5.41) is 7.77. The number of rotatable bonds is 3. The summed E-state index contributed by atoms with van der Waals surface area (Å²) < 4.78 is 1.85. The van der Waals surface area contributed by atoms with Crippen molar-refractivity contribution < 1.29 is 0 Å². The first-order valence-electron chi connectivity index (χ1n) is 3.47. The molecule has 7 heteroatoms. The highest BCUT2D eigenvalue weighted by atomic mass is 79.9. The van der Waals surface area contributed by atoms with Crippen molar-refractivity contribution in [1.82, 2.24) is 14.8 Å². The topological polar surface area (TPSA) is 56.7 Å². The van der Waals surface area contributed by atoms with Gasteiger partial charge in [0.25, 0.3) is 0 Å². The summed E-state index contributed by atoms with van der Waals surface area (Å²) in [5.41, 5.74) is 5.38. The lowest BCUT2D eigenvalue weighted by molar-refractivity contribution is 0.718. The molecule has 1 heterocycles. The SMILES string of the molecule is Br.Br.Cn1cnnc1C(S)CCN. The predicted octanol–water partition coefficient (Wildman–Crippen LogP) is 1.29. The van der Waals surface area contributed by atoms with Crippen molar-refractivity contribution in [1.29, 1.82) is 0 Å². The Balaban J connectivity index is 0. The van der Waals surface area contributed by atoms with E-state index < -0.39 is 0 Å². The van der Waals surface area contributed by atoms with Crippen molar-refractivity contribution in [2.45, 2.75) is 11.7 Å². The second-order valence-corrected chi connectivity index (χ2v) is 3.02. The summed E-state index contributed by atoms with van der Waals surface area (Å²) in [6, 6.07) is 0. The van der Waals surface area contributed by atoms with E-state index in [0.29, 0.717) is 6.54 Å². The second-order valence-electron chi connectivity index (χ2n) is 2.39. The van der Waals surface area contributed by atoms with Crippen LogP contribution in [0.5, 0.6) is 0 Å². The van der Waals surface area contributed by atoms with Crippen LogP contribution in [-0.4, -0.2) is 21.3 Å². The smallest absolute Gasteiger partial charge is 0.145 e. The lowest BCUT2D eigenvalue weighted by atomic mass is 10.3.